The van der Waals surface area contributed by atoms with E-state index in [9.17, 15) is 9.90 Å². The molecule has 1 N–H and O–H groups in total. The molecule has 4 heteroatoms. The zero-order chi connectivity index (χ0) is 16.4. The largest absolute Gasteiger partial charge is 0.497 e. The lowest BCUT2D eigenvalue weighted by atomic mass is 9.81. The summed E-state index contributed by atoms with van der Waals surface area (Å²) in [5, 5.41) is 11.5. The van der Waals surface area contributed by atoms with Gasteiger partial charge in [0.2, 0.25) is 0 Å². The average molecular weight is 312 g/mol. The first-order valence-electron chi connectivity index (χ1n) is 7.73. The standard InChI is InChI=1S/C19H20O4/c1-22-13-8-10-14-12(11-13)7-9-16(18(14)23-2)15-5-3-4-6-17(15)19(20)21/h6-11,15H,3-5H2,1-2H3,(H,20,21). The molecule has 1 atom stereocenters. The van der Waals surface area contributed by atoms with Crippen molar-refractivity contribution in [2.45, 2.75) is 25.2 Å². The van der Waals surface area contributed by atoms with Gasteiger partial charge in [0.1, 0.15) is 11.5 Å². The molecule has 23 heavy (non-hydrogen) atoms. The highest BCUT2D eigenvalue weighted by molar-refractivity contribution is 5.93. The van der Waals surface area contributed by atoms with Gasteiger partial charge in [0.15, 0.2) is 0 Å². The predicted molar refractivity (Wildman–Crippen MR) is 89.4 cm³/mol. The highest BCUT2D eigenvalue weighted by Crippen LogP contribution is 2.42. The number of aliphatic carboxylic acids is 1. The number of hydrogen-bond donors (Lipinski definition) is 1. The SMILES string of the molecule is COc1ccc2c(OC)c(C3CCCC=C3C(=O)O)ccc2c1. The minimum absolute atomic E-state index is 0.122. The Balaban J connectivity index is 2.16. The number of fused-ring (bicyclic) bond motifs is 1. The molecule has 0 bridgehead atoms. The number of methoxy groups -OCH3 is 2. The van der Waals surface area contributed by atoms with Crippen molar-refractivity contribution in [3.8, 4) is 11.5 Å². The van der Waals surface area contributed by atoms with E-state index in [0.717, 1.165) is 47.1 Å². The summed E-state index contributed by atoms with van der Waals surface area (Å²) in [6, 6.07) is 9.79. The van der Waals surface area contributed by atoms with Crippen molar-refractivity contribution in [1.82, 2.24) is 0 Å². The quantitative estimate of drug-likeness (QED) is 0.922. The van der Waals surface area contributed by atoms with Gasteiger partial charge in [0, 0.05) is 22.4 Å². The van der Waals surface area contributed by atoms with Gasteiger partial charge in [0.25, 0.3) is 0 Å². The highest BCUT2D eigenvalue weighted by atomic mass is 16.5. The summed E-state index contributed by atoms with van der Waals surface area (Å²) in [6.07, 6.45) is 4.49. The molecule has 2 aromatic rings. The molecule has 0 radical (unpaired) electrons. The summed E-state index contributed by atoms with van der Waals surface area (Å²) in [5.41, 5.74) is 1.42. The van der Waals surface area contributed by atoms with Gasteiger partial charge in [-0.1, -0.05) is 18.2 Å². The van der Waals surface area contributed by atoms with E-state index >= 15 is 0 Å². The zero-order valence-corrected chi connectivity index (χ0v) is 13.3. The lowest BCUT2D eigenvalue weighted by Crippen LogP contribution is -2.15. The first-order valence-corrected chi connectivity index (χ1v) is 7.73. The fourth-order valence-corrected chi connectivity index (χ4v) is 3.36. The third kappa shape index (κ3) is 2.77. The zero-order valence-electron chi connectivity index (χ0n) is 13.3. The van der Waals surface area contributed by atoms with Crippen molar-refractivity contribution in [1.29, 1.82) is 0 Å². The topological polar surface area (TPSA) is 55.8 Å². The summed E-state index contributed by atoms with van der Waals surface area (Å²) in [5.74, 6) is 0.578. The fourth-order valence-electron chi connectivity index (χ4n) is 3.36. The second-order valence-corrected chi connectivity index (χ2v) is 5.72. The van der Waals surface area contributed by atoms with Crippen LogP contribution in [0.3, 0.4) is 0 Å². The van der Waals surface area contributed by atoms with Gasteiger partial charge in [0.05, 0.1) is 14.2 Å². The van der Waals surface area contributed by atoms with E-state index in [1.807, 2.05) is 36.4 Å². The minimum Gasteiger partial charge on any atom is -0.497 e. The molecule has 0 fully saturated rings. The van der Waals surface area contributed by atoms with Gasteiger partial charge in [-0.15, -0.1) is 0 Å². The fraction of sp³-hybridized carbons (Fsp3) is 0.316. The van der Waals surface area contributed by atoms with Crippen LogP contribution in [0.5, 0.6) is 11.5 Å². The van der Waals surface area contributed by atoms with Crippen LogP contribution in [0.2, 0.25) is 0 Å². The van der Waals surface area contributed by atoms with Gasteiger partial charge >= 0.3 is 5.97 Å². The Hall–Kier alpha value is -2.49. The van der Waals surface area contributed by atoms with E-state index in [-0.39, 0.29) is 5.92 Å². The summed E-state index contributed by atoms with van der Waals surface area (Å²) >= 11 is 0. The Morgan fingerprint density at radius 2 is 2.00 bits per heavy atom. The molecule has 0 saturated heterocycles. The Kier molecular flexibility index (Phi) is 4.24. The molecule has 4 nitrogen and oxygen atoms in total. The van der Waals surface area contributed by atoms with E-state index in [2.05, 4.69) is 0 Å². The Labute approximate surface area is 135 Å². The molecular weight excluding hydrogens is 292 g/mol. The van der Waals surface area contributed by atoms with Gasteiger partial charge in [-0.2, -0.15) is 0 Å². The molecule has 1 unspecified atom stereocenters. The summed E-state index contributed by atoms with van der Waals surface area (Å²) in [6.45, 7) is 0. The van der Waals surface area contributed by atoms with Gasteiger partial charge in [-0.05, 0) is 42.8 Å². The van der Waals surface area contributed by atoms with E-state index in [1.54, 1.807) is 14.2 Å². The second kappa shape index (κ2) is 6.32. The van der Waals surface area contributed by atoms with Crippen LogP contribution in [0.4, 0.5) is 0 Å². The van der Waals surface area contributed by atoms with Crippen molar-refractivity contribution < 1.29 is 19.4 Å². The summed E-state index contributed by atoms with van der Waals surface area (Å²) < 4.78 is 10.9. The normalized spacial score (nSPS) is 17.7. The molecule has 0 heterocycles. The molecule has 120 valence electrons. The van der Waals surface area contributed by atoms with Crippen molar-refractivity contribution >= 4 is 16.7 Å². The minimum atomic E-state index is -0.841. The van der Waals surface area contributed by atoms with E-state index in [4.69, 9.17) is 9.47 Å². The monoisotopic (exact) mass is 312 g/mol. The number of ether oxygens (including phenoxy) is 2. The number of rotatable bonds is 4. The third-order valence-corrected chi connectivity index (χ3v) is 4.47. The van der Waals surface area contributed by atoms with Crippen LogP contribution in [0.15, 0.2) is 42.0 Å². The number of carbonyl (C=O) groups is 1. The maximum absolute atomic E-state index is 11.6. The van der Waals surface area contributed by atoms with Crippen LogP contribution < -0.4 is 9.47 Å². The van der Waals surface area contributed by atoms with Crippen molar-refractivity contribution in [3.05, 3.63) is 47.5 Å². The Bertz CT molecular complexity index is 776. The molecule has 3 rings (SSSR count). The molecule has 0 spiro atoms. The van der Waals surface area contributed by atoms with Gasteiger partial charge in [-0.3, -0.25) is 0 Å². The van der Waals surface area contributed by atoms with Crippen molar-refractivity contribution in [2.75, 3.05) is 14.2 Å². The molecule has 1 aliphatic rings. The lowest BCUT2D eigenvalue weighted by molar-refractivity contribution is -0.133. The Morgan fingerprint density at radius 3 is 2.70 bits per heavy atom. The van der Waals surface area contributed by atoms with Crippen LogP contribution in [0.25, 0.3) is 10.8 Å². The predicted octanol–water partition coefficient (Wildman–Crippen LogP) is 4.14. The molecular formula is C19H20O4. The van der Waals surface area contributed by atoms with Crippen molar-refractivity contribution in [2.24, 2.45) is 0 Å². The molecule has 0 aliphatic heterocycles. The highest BCUT2D eigenvalue weighted by Gasteiger charge is 2.27. The summed E-state index contributed by atoms with van der Waals surface area (Å²) in [7, 11) is 3.27. The van der Waals surface area contributed by atoms with E-state index in [1.165, 1.54) is 0 Å². The van der Waals surface area contributed by atoms with E-state index in [0.29, 0.717) is 5.57 Å². The van der Waals surface area contributed by atoms with Gasteiger partial charge < -0.3 is 14.6 Å². The molecule has 0 aromatic heterocycles. The number of allylic oxidation sites excluding steroid dienone is 1. The van der Waals surface area contributed by atoms with Crippen LogP contribution in [0.1, 0.15) is 30.7 Å². The summed E-state index contributed by atoms with van der Waals surface area (Å²) in [4.78, 5) is 11.6. The second-order valence-electron chi connectivity index (χ2n) is 5.72. The Morgan fingerprint density at radius 1 is 1.17 bits per heavy atom. The maximum Gasteiger partial charge on any atom is 0.331 e. The average Bonchev–Trinajstić information content (AvgIpc) is 2.60. The molecule has 0 amide bonds. The third-order valence-electron chi connectivity index (χ3n) is 4.47. The first kappa shape index (κ1) is 15.4. The van der Waals surface area contributed by atoms with Gasteiger partial charge in [-0.25, -0.2) is 4.79 Å². The number of carboxylic acid groups (broad SMARTS) is 1. The first-order chi connectivity index (χ1) is 11.2. The maximum atomic E-state index is 11.6. The van der Waals surface area contributed by atoms with Crippen LogP contribution in [-0.4, -0.2) is 25.3 Å². The van der Waals surface area contributed by atoms with Crippen LogP contribution in [-0.2, 0) is 4.79 Å². The van der Waals surface area contributed by atoms with Crippen molar-refractivity contribution in [3.63, 3.8) is 0 Å². The van der Waals surface area contributed by atoms with Crippen LogP contribution in [0, 0.1) is 0 Å². The molecule has 0 saturated carbocycles. The number of carboxylic acids is 1. The smallest absolute Gasteiger partial charge is 0.331 e. The lowest BCUT2D eigenvalue weighted by Gasteiger charge is -2.24. The van der Waals surface area contributed by atoms with Crippen LogP contribution >= 0.6 is 0 Å². The molecule has 1 aliphatic carbocycles. The van der Waals surface area contributed by atoms with E-state index < -0.39 is 5.97 Å². The number of hydrogen-bond acceptors (Lipinski definition) is 3. The number of benzene rings is 2. The molecule has 2 aromatic carbocycles.